The molecule has 3 aliphatic rings. The molecule has 1 saturated heterocycles. The Bertz CT molecular complexity index is 1360. The van der Waals surface area contributed by atoms with Crippen LogP contribution < -0.4 is 0 Å². The summed E-state index contributed by atoms with van der Waals surface area (Å²) in [5.41, 5.74) is 0.329. The minimum absolute atomic E-state index is 0.0267. The summed E-state index contributed by atoms with van der Waals surface area (Å²) in [6, 6.07) is 0. The third-order valence-corrected chi connectivity index (χ3v) is 152. The van der Waals surface area contributed by atoms with E-state index in [0.29, 0.717) is 6.61 Å². The van der Waals surface area contributed by atoms with Crippen LogP contribution in [0.1, 0.15) is 61.3 Å². The van der Waals surface area contributed by atoms with Crippen molar-refractivity contribution < 1.29 is 23.1 Å². The molecule has 35 heteroatoms. The van der Waals surface area contributed by atoms with E-state index in [2.05, 4.69) is 197 Å². The number of allylic oxidation sites excluding steroid dienone is 1. The van der Waals surface area contributed by atoms with Crippen molar-refractivity contribution in [1.29, 1.82) is 0 Å². The van der Waals surface area contributed by atoms with Crippen LogP contribution in [-0.2, 0) is 23.1 Å². The molecule has 0 spiro atoms. The molecular weight excluding hydrogens is 1290 g/mol. The van der Waals surface area contributed by atoms with Crippen molar-refractivity contribution in [2.75, 3.05) is 6.61 Å². The number of carbonyl (C=O) groups excluding carboxylic acids is 1. The number of rotatable bonds is 21. The highest BCUT2D eigenvalue weighted by Gasteiger charge is 2.69. The second kappa shape index (κ2) is 29.0. The van der Waals surface area contributed by atoms with Gasteiger partial charge in [0.15, 0.2) is 5.78 Å². The van der Waals surface area contributed by atoms with Gasteiger partial charge in [0.25, 0.3) is 0 Å². The lowest BCUT2D eigenvalue weighted by atomic mass is 9.44. The molecular formula is C23H68O5P30. The van der Waals surface area contributed by atoms with E-state index in [1.807, 2.05) is 0 Å². The zero-order valence-electron chi connectivity index (χ0n) is 33.8. The van der Waals surface area contributed by atoms with Gasteiger partial charge in [0, 0.05) is 32.8 Å². The monoisotopic (exact) mass is 1350 g/mol. The average Bonchev–Trinajstić information content (AvgIpc) is 3.08. The number of ether oxygens (including phenoxy) is 1. The number of carbonyl (C=O) groups is 1. The second-order valence-electron chi connectivity index (χ2n) is 15.4. The summed E-state index contributed by atoms with van der Waals surface area (Å²) in [6.07, 6.45) is 3.52. The number of hydrogen-bond acceptors (Lipinski definition) is 5. The minimum Gasteiger partial charge on any atom is -0.377 e. The zero-order chi connectivity index (χ0) is 44.6. The van der Waals surface area contributed by atoms with Gasteiger partial charge in [-0.25, -0.2) is 0 Å². The van der Waals surface area contributed by atoms with Crippen molar-refractivity contribution in [2.45, 2.75) is 85.7 Å². The van der Waals surface area contributed by atoms with E-state index >= 15 is 4.79 Å². The van der Waals surface area contributed by atoms with Gasteiger partial charge in [0.1, 0.15) is 6.10 Å². The molecule has 30 atom stereocenters. The van der Waals surface area contributed by atoms with Gasteiger partial charge in [-0.1, -0.05) is 50.7 Å². The quantitative estimate of drug-likeness (QED) is 0.0847. The molecule has 3 rings (SSSR count). The van der Waals surface area contributed by atoms with Crippen LogP contribution in [0, 0.1) is 34.0 Å². The molecule has 0 aromatic carbocycles. The fourth-order valence-electron chi connectivity index (χ4n) is 8.83. The summed E-state index contributed by atoms with van der Waals surface area (Å²) in [4.78, 5) is 15.9. The summed E-state index contributed by atoms with van der Waals surface area (Å²) in [6.45, 7) is 13.3. The summed E-state index contributed by atoms with van der Waals surface area (Å²) >= 11 is 0. The molecule has 2 aliphatic carbocycles. The van der Waals surface area contributed by atoms with Crippen LogP contribution >= 0.6 is 243 Å². The smallest absolute Gasteiger partial charge is 0.170 e. The molecule has 22 unspecified atom stereocenters. The summed E-state index contributed by atoms with van der Waals surface area (Å²) < 4.78 is 28.7. The molecule has 1 aliphatic heterocycles. The summed E-state index contributed by atoms with van der Waals surface area (Å²) in [5.74, 6) is 0.723. The molecule has 0 aromatic heterocycles. The van der Waals surface area contributed by atoms with Crippen LogP contribution in [0.4, 0.5) is 0 Å². The summed E-state index contributed by atoms with van der Waals surface area (Å²) in [7, 11) is 48.1. The highest BCUT2D eigenvalue weighted by atomic mass is 33.2. The Balaban J connectivity index is 2.22. The topological polar surface area (TPSA) is 54.0 Å². The average molecular weight is 1350 g/mol. The summed E-state index contributed by atoms with van der Waals surface area (Å²) in [5, 5.41) is 0. The predicted molar refractivity (Wildman–Crippen MR) is 358 cm³/mol. The van der Waals surface area contributed by atoms with E-state index in [0.717, 1.165) is 20.8 Å². The molecule has 58 heavy (non-hydrogen) atoms. The number of ketones is 1. The van der Waals surface area contributed by atoms with Crippen molar-refractivity contribution in [3.05, 3.63) is 11.6 Å². The van der Waals surface area contributed by atoms with Crippen LogP contribution in [0.25, 0.3) is 0 Å². The number of fused-ring (bicyclic) bond motifs is 1. The maximum absolute atomic E-state index is 15.9. The number of hydrogen-bond donors (Lipinski definition) is 0. The lowest BCUT2D eigenvalue weighted by Gasteiger charge is -2.66. The van der Waals surface area contributed by atoms with E-state index in [-0.39, 0.29) is 102 Å². The zero-order valence-corrected chi connectivity index (χ0v) is 64.9. The predicted octanol–water partition coefficient (Wildman–Crippen LogP) is 21.2. The van der Waals surface area contributed by atoms with Crippen molar-refractivity contribution >= 4 is 249 Å². The molecule has 0 radical (unpaired) electrons. The van der Waals surface area contributed by atoms with E-state index in [1.165, 1.54) is 5.57 Å². The van der Waals surface area contributed by atoms with Crippen molar-refractivity contribution in [2.24, 2.45) is 34.0 Å². The van der Waals surface area contributed by atoms with Gasteiger partial charge in [-0.05, 0) is 105 Å². The van der Waals surface area contributed by atoms with Gasteiger partial charge in [0.05, 0.1) is 52.9 Å². The Kier molecular flexibility index (Phi) is 32.3. The first kappa shape index (κ1) is 64.4. The maximum Gasteiger partial charge on any atom is 0.170 e. The second-order valence-corrected chi connectivity index (χ2v) is 122. The fourth-order valence-corrected chi connectivity index (χ4v) is 204. The lowest BCUT2D eigenvalue weighted by molar-refractivity contribution is -0.283. The fraction of sp³-hybridized carbons (Fsp3) is 0.870. The van der Waals surface area contributed by atoms with Gasteiger partial charge in [-0.2, -0.15) is 0 Å². The molecule has 0 aromatic rings. The van der Waals surface area contributed by atoms with Crippen molar-refractivity contribution in [3.63, 3.8) is 0 Å². The van der Waals surface area contributed by atoms with Crippen LogP contribution in [-0.4, -0.2) is 36.8 Å². The van der Waals surface area contributed by atoms with Gasteiger partial charge >= 0.3 is 0 Å². The SMILES string of the molecule is CC1=CC(C)(C)C([C@@H](C)[C@@H]2[C@]3(C)CO[C@@H]3C[C@H](OP(P(P)P)P(P)P)[C@@]2(C)C(=O)[C@@H](C)OP(P(P)P)P(PP)P(P)P)C[C@@H]1OP(P(P)P(P)P)P(P(P)P)P(P)P. The first-order valence-corrected chi connectivity index (χ1v) is 69.7. The third-order valence-electron chi connectivity index (χ3n) is 11.1. The molecule has 1 saturated carbocycles. The molecule has 2 fully saturated rings. The Morgan fingerprint density at radius 2 is 1.29 bits per heavy atom. The first-order valence-electron chi connectivity index (χ1n) is 17.5. The molecule has 340 valence electrons. The van der Waals surface area contributed by atoms with Crippen LogP contribution in [0.3, 0.4) is 0 Å². The van der Waals surface area contributed by atoms with Gasteiger partial charge in [0.2, 0.25) is 0 Å². The molecule has 0 bridgehead atoms. The Labute approximate surface area is 406 Å². The van der Waals surface area contributed by atoms with Gasteiger partial charge < -0.3 is 18.3 Å². The third kappa shape index (κ3) is 16.3. The van der Waals surface area contributed by atoms with Crippen LogP contribution in [0.5, 0.6) is 0 Å². The first-order chi connectivity index (χ1) is 26.6. The minimum atomic E-state index is -0.802. The Morgan fingerprint density at radius 1 is 0.759 bits per heavy atom. The Morgan fingerprint density at radius 3 is 1.71 bits per heavy atom. The van der Waals surface area contributed by atoms with E-state index < -0.39 is 55.1 Å². The maximum atomic E-state index is 15.9. The Hall–Kier alpha value is 12.1. The lowest BCUT2D eigenvalue weighted by Crippen LogP contribution is -2.71. The van der Waals surface area contributed by atoms with Crippen molar-refractivity contribution in [1.82, 2.24) is 0 Å². The number of Topliss-reactive ketones (excluding diaryl/α,β-unsaturated/α-hetero) is 1. The molecule has 1 heterocycles. The van der Waals surface area contributed by atoms with Crippen LogP contribution in [0.15, 0.2) is 11.6 Å². The van der Waals surface area contributed by atoms with Gasteiger partial charge in [-0.15, -0.1) is 134 Å². The van der Waals surface area contributed by atoms with Crippen LogP contribution in [0.2, 0.25) is 0 Å². The highest BCUT2D eigenvalue weighted by molar-refractivity contribution is 9.19. The van der Waals surface area contributed by atoms with E-state index in [4.69, 9.17) is 18.3 Å². The van der Waals surface area contributed by atoms with E-state index in [9.17, 15) is 0 Å². The highest BCUT2D eigenvalue weighted by Crippen LogP contribution is 3.18. The van der Waals surface area contributed by atoms with Gasteiger partial charge in [-0.3, -0.25) is 4.79 Å². The molecule has 5 nitrogen and oxygen atoms in total. The molecule has 0 amide bonds. The standard InChI is InChI=1S/C23H68O5P30/c1-12-10-21(4,5)15(8-16(12)27-48(56(44)52(36)37)58(54(40)41)55(42)43)13(2)19-22(6)11-25-17(22)9-18(28-46(49(30)31)50(32)33)23(19,7)20(24)14(3)26-47(51(34)35)57(45-29)53(38)39/h10,13-19,45H,8-9,11,29-44H2,1-7H3/t13-,14-,15?,16+,17-,18+,19-,22-,23-,47?,48?,56?,57?/m1/s1. The largest absolute Gasteiger partial charge is 0.377 e. The molecule has 0 N–H and O–H groups in total. The van der Waals surface area contributed by atoms with Crippen molar-refractivity contribution in [3.8, 4) is 0 Å². The van der Waals surface area contributed by atoms with E-state index in [1.54, 1.807) is 0 Å². The normalized spacial score (nSPS) is 32.5.